The first-order valence-corrected chi connectivity index (χ1v) is 6.38. The summed E-state index contributed by atoms with van der Waals surface area (Å²) in [4.78, 5) is 4.13. The zero-order valence-electron chi connectivity index (χ0n) is 11.1. The van der Waals surface area contributed by atoms with Gasteiger partial charge in [0.2, 0.25) is 0 Å². The first-order chi connectivity index (χ1) is 8.63. The van der Waals surface area contributed by atoms with E-state index >= 15 is 0 Å². The van der Waals surface area contributed by atoms with Crippen LogP contribution in [0.25, 0.3) is 11.1 Å². The minimum Gasteiger partial charge on any atom is -0.443 e. The number of aromatic nitrogens is 1. The van der Waals surface area contributed by atoms with Gasteiger partial charge in [-0.15, -0.1) is 0 Å². The van der Waals surface area contributed by atoms with Gasteiger partial charge in [-0.2, -0.15) is 0 Å². The fourth-order valence-corrected chi connectivity index (χ4v) is 2.01. The molecule has 1 heterocycles. The van der Waals surface area contributed by atoms with Crippen molar-refractivity contribution in [3.05, 3.63) is 30.2 Å². The second-order valence-electron chi connectivity index (χ2n) is 5.24. The fourth-order valence-electron chi connectivity index (χ4n) is 2.01. The minimum atomic E-state index is 0.0651. The average Bonchev–Trinajstić information content (AvgIpc) is 2.82. The van der Waals surface area contributed by atoms with Crippen molar-refractivity contribution >= 4 is 11.1 Å². The number of hydrogen-bond acceptors (Lipinski definition) is 4. The van der Waals surface area contributed by atoms with Crippen molar-refractivity contribution in [3.63, 3.8) is 0 Å². The van der Waals surface area contributed by atoms with E-state index in [1.165, 1.54) is 12.0 Å². The molecule has 0 atom stereocenters. The van der Waals surface area contributed by atoms with Crippen molar-refractivity contribution < 1.29 is 4.42 Å². The summed E-state index contributed by atoms with van der Waals surface area (Å²) in [6.45, 7) is 7.06. The zero-order chi connectivity index (χ0) is 13.0. The highest BCUT2D eigenvalue weighted by Gasteiger charge is 2.20. The highest BCUT2D eigenvalue weighted by molar-refractivity contribution is 5.73. The van der Waals surface area contributed by atoms with E-state index in [1.807, 2.05) is 6.07 Å². The van der Waals surface area contributed by atoms with Crippen LogP contribution in [0, 0.1) is 0 Å². The van der Waals surface area contributed by atoms with Crippen molar-refractivity contribution in [1.82, 2.24) is 10.3 Å². The van der Waals surface area contributed by atoms with Gasteiger partial charge in [-0.25, -0.2) is 4.98 Å². The van der Waals surface area contributed by atoms with Gasteiger partial charge in [0.05, 0.1) is 0 Å². The first-order valence-electron chi connectivity index (χ1n) is 6.38. The van der Waals surface area contributed by atoms with Gasteiger partial charge in [-0.1, -0.05) is 19.9 Å². The largest absolute Gasteiger partial charge is 0.443 e. The van der Waals surface area contributed by atoms with Crippen LogP contribution in [0.2, 0.25) is 0 Å². The van der Waals surface area contributed by atoms with E-state index in [4.69, 9.17) is 10.2 Å². The third-order valence-electron chi connectivity index (χ3n) is 3.24. The smallest absolute Gasteiger partial charge is 0.181 e. The lowest BCUT2D eigenvalue weighted by Gasteiger charge is -2.25. The lowest BCUT2D eigenvalue weighted by atomic mass is 9.84. The number of rotatable bonds is 6. The molecule has 2 aromatic rings. The average molecular weight is 247 g/mol. The lowest BCUT2D eigenvalue weighted by molar-refractivity contribution is 0.467. The molecule has 4 heteroatoms. The Labute approximate surface area is 108 Å². The van der Waals surface area contributed by atoms with Crippen molar-refractivity contribution in [2.24, 2.45) is 5.73 Å². The van der Waals surface area contributed by atoms with Crippen LogP contribution in [0.4, 0.5) is 0 Å². The van der Waals surface area contributed by atoms with E-state index in [9.17, 15) is 0 Å². The molecule has 1 aromatic heterocycles. The van der Waals surface area contributed by atoms with E-state index in [-0.39, 0.29) is 5.41 Å². The van der Waals surface area contributed by atoms with E-state index in [0.29, 0.717) is 0 Å². The minimum absolute atomic E-state index is 0.0651. The zero-order valence-corrected chi connectivity index (χ0v) is 11.1. The molecule has 0 spiro atoms. The highest BCUT2D eigenvalue weighted by atomic mass is 16.3. The van der Waals surface area contributed by atoms with Crippen LogP contribution in [-0.2, 0) is 5.41 Å². The summed E-state index contributed by atoms with van der Waals surface area (Å²) in [5.74, 6) is 0. The molecule has 0 saturated heterocycles. The van der Waals surface area contributed by atoms with Crippen molar-refractivity contribution in [2.45, 2.75) is 25.7 Å². The Hall–Kier alpha value is -1.39. The van der Waals surface area contributed by atoms with Crippen LogP contribution in [-0.4, -0.2) is 24.6 Å². The number of benzene rings is 1. The summed E-state index contributed by atoms with van der Waals surface area (Å²) >= 11 is 0. The Morgan fingerprint density at radius 3 is 3.00 bits per heavy atom. The predicted octanol–water partition coefficient (Wildman–Crippen LogP) is 2.04. The van der Waals surface area contributed by atoms with E-state index < -0.39 is 0 Å². The normalized spacial score (nSPS) is 12.2. The number of nitrogens with one attached hydrogen (secondary N) is 1. The summed E-state index contributed by atoms with van der Waals surface area (Å²) in [5, 5.41) is 3.44. The topological polar surface area (TPSA) is 64.1 Å². The second-order valence-corrected chi connectivity index (χ2v) is 5.24. The predicted molar refractivity (Wildman–Crippen MR) is 73.6 cm³/mol. The van der Waals surface area contributed by atoms with Gasteiger partial charge in [0.1, 0.15) is 5.52 Å². The van der Waals surface area contributed by atoms with E-state index in [1.54, 1.807) is 0 Å². The molecule has 0 fully saturated rings. The number of nitrogens with two attached hydrogens (primary N) is 1. The molecule has 0 radical (unpaired) electrons. The van der Waals surface area contributed by atoms with Crippen LogP contribution < -0.4 is 11.1 Å². The van der Waals surface area contributed by atoms with Gasteiger partial charge >= 0.3 is 0 Å². The molecule has 0 aliphatic rings. The van der Waals surface area contributed by atoms with Gasteiger partial charge in [0, 0.05) is 12.0 Å². The Morgan fingerprint density at radius 1 is 1.39 bits per heavy atom. The molecule has 0 bridgehead atoms. The maximum absolute atomic E-state index is 5.48. The Kier molecular flexibility index (Phi) is 3.99. The molecule has 0 aliphatic heterocycles. The molecule has 3 N–H and O–H groups in total. The summed E-state index contributed by atoms with van der Waals surface area (Å²) in [6.07, 6.45) is 2.50. The Morgan fingerprint density at radius 2 is 2.22 bits per heavy atom. The van der Waals surface area contributed by atoms with Crippen LogP contribution in [0.1, 0.15) is 25.8 Å². The molecule has 1 aromatic carbocycles. The summed E-state index contributed by atoms with van der Waals surface area (Å²) < 4.78 is 5.35. The number of fused-ring (bicyclic) bond motifs is 1. The van der Waals surface area contributed by atoms with Gasteiger partial charge in [-0.3, -0.25) is 0 Å². The standard InChI is InChI=1S/C14H21N3O/c1-14(2,9-16-7-3-6-15)11-4-5-12-13(8-11)18-10-17-12/h4-5,8,10,16H,3,6-7,9,15H2,1-2H3. The summed E-state index contributed by atoms with van der Waals surface area (Å²) in [7, 11) is 0. The van der Waals surface area contributed by atoms with Gasteiger partial charge in [0.15, 0.2) is 12.0 Å². The molecule has 0 aliphatic carbocycles. The van der Waals surface area contributed by atoms with Crippen LogP contribution >= 0.6 is 0 Å². The van der Waals surface area contributed by atoms with Crippen molar-refractivity contribution in [3.8, 4) is 0 Å². The first kappa shape index (κ1) is 13.1. The maximum atomic E-state index is 5.48. The van der Waals surface area contributed by atoms with Gasteiger partial charge in [0.25, 0.3) is 0 Å². The molecule has 18 heavy (non-hydrogen) atoms. The van der Waals surface area contributed by atoms with Crippen LogP contribution in [0.15, 0.2) is 29.0 Å². The van der Waals surface area contributed by atoms with Crippen molar-refractivity contribution in [1.29, 1.82) is 0 Å². The van der Waals surface area contributed by atoms with Crippen LogP contribution in [0.3, 0.4) is 0 Å². The fraction of sp³-hybridized carbons (Fsp3) is 0.500. The monoisotopic (exact) mass is 247 g/mol. The van der Waals surface area contributed by atoms with Gasteiger partial charge < -0.3 is 15.5 Å². The molecule has 0 saturated carbocycles. The molecule has 4 nitrogen and oxygen atoms in total. The Bertz CT molecular complexity index is 504. The Balaban J connectivity index is 2.07. The molecule has 0 unspecified atom stereocenters. The van der Waals surface area contributed by atoms with E-state index in [0.717, 1.165) is 37.2 Å². The highest BCUT2D eigenvalue weighted by Crippen LogP contribution is 2.25. The molecule has 98 valence electrons. The molecule has 0 amide bonds. The third-order valence-corrected chi connectivity index (χ3v) is 3.24. The SMILES string of the molecule is CC(C)(CNCCCN)c1ccc2ncoc2c1. The van der Waals surface area contributed by atoms with Gasteiger partial charge in [-0.05, 0) is 37.2 Å². The van der Waals surface area contributed by atoms with Crippen LogP contribution in [0.5, 0.6) is 0 Å². The molecular weight excluding hydrogens is 226 g/mol. The molecule has 2 rings (SSSR count). The van der Waals surface area contributed by atoms with Crippen molar-refractivity contribution in [2.75, 3.05) is 19.6 Å². The number of hydrogen-bond donors (Lipinski definition) is 2. The summed E-state index contributed by atoms with van der Waals surface area (Å²) in [5.41, 5.74) is 8.56. The quantitative estimate of drug-likeness (QED) is 0.767. The number of oxazole rings is 1. The second kappa shape index (κ2) is 5.50. The summed E-state index contributed by atoms with van der Waals surface area (Å²) in [6, 6.07) is 6.21. The maximum Gasteiger partial charge on any atom is 0.181 e. The number of nitrogens with zero attached hydrogens (tertiary/aromatic N) is 1. The third kappa shape index (κ3) is 2.89. The van der Waals surface area contributed by atoms with E-state index in [2.05, 4.69) is 36.3 Å². The molecular formula is C14H21N3O. The lowest BCUT2D eigenvalue weighted by Crippen LogP contribution is -2.34.